The maximum Gasteiger partial charge on any atom is 0.330 e. The highest BCUT2D eigenvalue weighted by Gasteiger charge is 2.26. The first-order valence-corrected chi connectivity index (χ1v) is 7.83. The molecule has 0 saturated heterocycles. The van der Waals surface area contributed by atoms with E-state index < -0.39 is 0 Å². The van der Waals surface area contributed by atoms with Crippen LogP contribution in [0.1, 0.15) is 25.3 Å². The normalized spacial score (nSPS) is 16.7. The standard InChI is InChI=1S/C19H19NO3/c1-2-22-19(21)18-12-11-17(20-18)14-7-6-10-16(13-14)23-15-8-4-3-5-9-15/h3-10,13,18H,2,11-12H2,1H3. The summed E-state index contributed by atoms with van der Waals surface area (Å²) in [5.74, 6) is 1.32. The van der Waals surface area contributed by atoms with Crippen LogP contribution in [0.5, 0.6) is 11.5 Å². The van der Waals surface area contributed by atoms with Crippen LogP contribution in [-0.2, 0) is 9.53 Å². The quantitative estimate of drug-likeness (QED) is 0.785. The fourth-order valence-corrected chi connectivity index (χ4v) is 2.58. The number of hydrogen-bond donors (Lipinski definition) is 0. The van der Waals surface area contributed by atoms with Crippen LogP contribution in [0.4, 0.5) is 0 Å². The van der Waals surface area contributed by atoms with E-state index in [9.17, 15) is 4.79 Å². The second-order valence-corrected chi connectivity index (χ2v) is 5.33. The number of rotatable bonds is 5. The summed E-state index contributed by atoms with van der Waals surface area (Å²) in [5, 5.41) is 0. The minimum atomic E-state index is -0.372. The summed E-state index contributed by atoms with van der Waals surface area (Å²) in [4.78, 5) is 16.3. The number of ether oxygens (including phenoxy) is 2. The van der Waals surface area contributed by atoms with E-state index in [0.29, 0.717) is 13.0 Å². The number of nitrogens with zero attached hydrogens (tertiary/aromatic N) is 1. The molecule has 23 heavy (non-hydrogen) atoms. The predicted octanol–water partition coefficient (Wildman–Crippen LogP) is 3.99. The van der Waals surface area contributed by atoms with Crippen molar-refractivity contribution in [2.24, 2.45) is 4.99 Å². The van der Waals surface area contributed by atoms with E-state index in [1.54, 1.807) is 0 Å². The van der Waals surface area contributed by atoms with Crippen molar-refractivity contribution in [3.05, 3.63) is 60.2 Å². The first-order chi connectivity index (χ1) is 11.3. The average Bonchev–Trinajstić information content (AvgIpc) is 3.06. The summed E-state index contributed by atoms with van der Waals surface area (Å²) in [7, 11) is 0. The lowest BCUT2D eigenvalue weighted by Crippen LogP contribution is -2.18. The molecular weight excluding hydrogens is 290 g/mol. The van der Waals surface area contributed by atoms with Gasteiger partial charge in [0.2, 0.25) is 0 Å². The summed E-state index contributed by atoms with van der Waals surface area (Å²) in [6.07, 6.45) is 1.48. The molecule has 0 N–H and O–H groups in total. The molecule has 2 aromatic rings. The largest absolute Gasteiger partial charge is 0.464 e. The Morgan fingerprint density at radius 2 is 1.91 bits per heavy atom. The summed E-state index contributed by atoms with van der Waals surface area (Å²) >= 11 is 0. The lowest BCUT2D eigenvalue weighted by molar-refractivity contribution is -0.144. The van der Waals surface area contributed by atoms with E-state index in [2.05, 4.69) is 4.99 Å². The molecule has 1 unspecified atom stereocenters. The van der Waals surface area contributed by atoms with Crippen LogP contribution in [-0.4, -0.2) is 24.3 Å². The Balaban J connectivity index is 1.75. The van der Waals surface area contributed by atoms with Gasteiger partial charge in [0.1, 0.15) is 17.5 Å². The summed E-state index contributed by atoms with van der Waals surface area (Å²) < 4.78 is 10.9. The average molecular weight is 309 g/mol. The Morgan fingerprint density at radius 1 is 1.13 bits per heavy atom. The van der Waals surface area contributed by atoms with Gasteiger partial charge in [-0.05, 0) is 49.6 Å². The van der Waals surface area contributed by atoms with Gasteiger partial charge in [0.15, 0.2) is 0 Å². The van der Waals surface area contributed by atoms with E-state index in [0.717, 1.165) is 29.2 Å². The molecule has 4 nitrogen and oxygen atoms in total. The van der Waals surface area contributed by atoms with Crippen LogP contribution in [0, 0.1) is 0 Å². The molecule has 1 atom stereocenters. The number of hydrogen-bond acceptors (Lipinski definition) is 4. The smallest absolute Gasteiger partial charge is 0.330 e. The third-order valence-corrected chi connectivity index (χ3v) is 3.67. The molecule has 1 aliphatic rings. The number of para-hydroxylation sites is 1. The molecule has 118 valence electrons. The van der Waals surface area contributed by atoms with E-state index in [-0.39, 0.29) is 12.0 Å². The van der Waals surface area contributed by atoms with Gasteiger partial charge in [0.05, 0.1) is 6.61 Å². The Morgan fingerprint density at radius 3 is 2.70 bits per heavy atom. The van der Waals surface area contributed by atoms with E-state index >= 15 is 0 Å². The Labute approximate surface area is 135 Å². The van der Waals surface area contributed by atoms with Crippen molar-refractivity contribution in [2.45, 2.75) is 25.8 Å². The molecule has 1 heterocycles. The van der Waals surface area contributed by atoms with Gasteiger partial charge in [0.25, 0.3) is 0 Å². The molecular formula is C19H19NO3. The van der Waals surface area contributed by atoms with Gasteiger partial charge in [-0.3, -0.25) is 4.99 Å². The van der Waals surface area contributed by atoms with Crippen molar-refractivity contribution >= 4 is 11.7 Å². The van der Waals surface area contributed by atoms with Crippen molar-refractivity contribution in [2.75, 3.05) is 6.61 Å². The van der Waals surface area contributed by atoms with Crippen LogP contribution >= 0.6 is 0 Å². The minimum Gasteiger partial charge on any atom is -0.464 e. The zero-order chi connectivity index (χ0) is 16.1. The first kappa shape index (κ1) is 15.3. The van der Waals surface area contributed by atoms with Crippen molar-refractivity contribution in [3.63, 3.8) is 0 Å². The third kappa shape index (κ3) is 3.77. The molecule has 4 heteroatoms. The summed E-state index contributed by atoms with van der Waals surface area (Å²) in [6, 6.07) is 17.1. The molecule has 0 saturated carbocycles. The third-order valence-electron chi connectivity index (χ3n) is 3.67. The van der Waals surface area contributed by atoms with Gasteiger partial charge in [0, 0.05) is 5.71 Å². The Bertz CT molecular complexity index is 710. The van der Waals surface area contributed by atoms with Gasteiger partial charge in [-0.25, -0.2) is 4.79 Å². The molecule has 0 radical (unpaired) electrons. The van der Waals surface area contributed by atoms with Crippen molar-refractivity contribution in [1.82, 2.24) is 0 Å². The number of aliphatic imine (C=N–C) groups is 1. The van der Waals surface area contributed by atoms with Crippen LogP contribution < -0.4 is 4.74 Å². The molecule has 0 spiro atoms. The second-order valence-electron chi connectivity index (χ2n) is 5.33. The molecule has 3 rings (SSSR count). The highest BCUT2D eigenvalue weighted by atomic mass is 16.5. The Kier molecular flexibility index (Phi) is 4.71. The molecule has 0 aromatic heterocycles. The van der Waals surface area contributed by atoms with Gasteiger partial charge in [-0.2, -0.15) is 0 Å². The van der Waals surface area contributed by atoms with Crippen LogP contribution in [0.2, 0.25) is 0 Å². The Hall–Kier alpha value is -2.62. The molecule has 2 aromatic carbocycles. The van der Waals surface area contributed by atoms with Crippen molar-refractivity contribution in [3.8, 4) is 11.5 Å². The maximum atomic E-state index is 11.8. The van der Waals surface area contributed by atoms with E-state index in [1.165, 1.54) is 0 Å². The summed E-state index contributed by atoms with van der Waals surface area (Å²) in [5.41, 5.74) is 1.92. The van der Waals surface area contributed by atoms with Gasteiger partial charge >= 0.3 is 5.97 Å². The van der Waals surface area contributed by atoms with Crippen LogP contribution in [0.3, 0.4) is 0 Å². The van der Waals surface area contributed by atoms with E-state index in [1.807, 2.05) is 61.5 Å². The number of carbonyl (C=O) groups is 1. The zero-order valence-corrected chi connectivity index (χ0v) is 13.1. The van der Waals surface area contributed by atoms with Crippen LogP contribution in [0.15, 0.2) is 59.6 Å². The number of carbonyl (C=O) groups excluding carboxylic acids is 1. The fourth-order valence-electron chi connectivity index (χ4n) is 2.58. The van der Waals surface area contributed by atoms with E-state index in [4.69, 9.17) is 9.47 Å². The molecule has 0 fully saturated rings. The lowest BCUT2D eigenvalue weighted by atomic mass is 10.1. The SMILES string of the molecule is CCOC(=O)C1CCC(c2cccc(Oc3ccccc3)c2)=N1. The second kappa shape index (κ2) is 7.09. The van der Waals surface area contributed by atoms with Gasteiger partial charge in [-0.15, -0.1) is 0 Å². The monoisotopic (exact) mass is 309 g/mol. The number of benzene rings is 2. The topological polar surface area (TPSA) is 47.9 Å². The minimum absolute atomic E-state index is 0.237. The molecule has 0 bridgehead atoms. The molecule has 0 aliphatic carbocycles. The highest BCUT2D eigenvalue weighted by Crippen LogP contribution is 2.25. The zero-order valence-electron chi connectivity index (χ0n) is 13.1. The van der Waals surface area contributed by atoms with Crippen LogP contribution in [0.25, 0.3) is 0 Å². The predicted molar refractivity (Wildman–Crippen MR) is 89.2 cm³/mol. The first-order valence-electron chi connectivity index (χ1n) is 7.83. The molecule has 0 amide bonds. The summed E-state index contributed by atoms with van der Waals surface area (Å²) in [6.45, 7) is 2.20. The lowest BCUT2D eigenvalue weighted by Gasteiger charge is -2.07. The maximum absolute atomic E-state index is 11.8. The van der Waals surface area contributed by atoms with Crippen molar-refractivity contribution < 1.29 is 14.3 Å². The van der Waals surface area contributed by atoms with Gasteiger partial charge in [-0.1, -0.05) is 30.3 Å². The van der Waals surface area contributed by atoms with Gasteiger partial charge < -0.3 is 9.47 Å². The number of esters is 1. The molecule has 1 aliphatic heterocycles. The fraction of sp³-hybridized carbons (Fsp3) is 0.263. The highest BCUT2D eigenvalue weighted by molar-refractivity contribution is 6.03. The van der Waals surface area contributed by atoms with Crippen molar-refractivity contribution in [1.29, 1.82) is 0 Å².